The van der Waals surface area contributed by atoms with Crippen LogP contribution in [-0.2, 0) is 6.61 Å². The second kappa shape index (κ2) is 6.06. The summed E-state index contributed by atoms with van der Waals surface area (Å²) < 4.78 is 11.0. The van der Waals surface area contributed by atoms with E-state index < -0.39 is 0 Å². The van der Waals surface area contributed by atoms with Gasteiger partial charge in [0.2, 0.25) is 0 Å². The summed E-state index contributed by atoms with van der Waals surface area (Å²) in [4.78, 5) is 4.21. The lowest BCUT2D eigenvalue weighted by Crippen LogP contribution is -2.08. The van der Waals surface area contributed by atoms with E-state index in [1.165, 1.54) is 0 Å². The van der Waals surface area contributed by atoms with Gasteiger partial charge in [-0.05, 0) is 36.8 Å². The molecule has 0 aliphatic carbocycles. The van der Waals surface area contributed by atoms with Crippen LogP contribution >= 0.6 is 0 Å². The number of ether oxygens (including phenoxy) is 2. The molecule has 0 unspecified atom stereocenters. The monoisotopic (exact) mass is 259 g/mol. The topological polar surface area (TPSA) is 69.4 Å². The summed E-state index contributed by atoms with van der Waals surface area (Å²) >= 11 is 0. The Morgan fingerprint density at radius 1 is 1.21 bits per heavy atom. The first-order valence-electron chi connectivity index (χ1n) is 5.92. The van der Waals surface area contributed by atoms with E-state index in [0.717, 1.165) is 16.9 Å². The van der Waals surface area contributed by atoms with Crippen molar-refractivity contribution < 1.29 is 9.47 Å². The summed E-state index contributed by atoms with van der Waals surface area (Å²) in [7, 11) is 1.62. The fourth-order valence-corrected chi connectivity index (χ4v) is 1.69. The van der Waals surface area contributed by atoms with Gasteiger partial charge in [0.1, 0.15) is 6.61 Å². The molecule has 0 spiro atoms. The number of methoxy groups -OCH3 is 1. The molecule has 0 saturated heterocycles. The molecule has 3 N–H and O–H groups in total. The van der Waals surface area contributed by atoms with Gasteiger partial charge < -0.3 is 14.9 Å². The van der Waals surface area contributed by atoms with Crippen LogP contribution in [0.2, 0.25) is 0 Å². The molecule has 0 radical (unpaired) electrons. The Bertz CT molecular complexity index is 558. The maximum atomic E-state index is 5.71. The number of anilines is 1. The Labute approximate surface area is 112 Å². The van der Waals surface area contributed by atoms with Crippen LogP contribution in [0.3, 0.4) is 0 Å². The van der Waals surface area contributed by atoms with Crippen molar-refractivity contribution in [2.24, 2.45) is 5.84 Å². The molecule has 2 rings (SSSR count). The second-order valence-corrected chi connectivity index (χ2v) is 4.12. The van der Waals surface area contributed by atoms with Gasteiger partial charge in [0.05, 0.1) is 18.5 Å². The van der Waals surface area contributed by atoms with E-state index in [2.05, 4.69) is 10.4 Å². The first kappa shape index (κ1) is 13.2. The average Bonchev–Trinajstić information content (AvgIpc) is 2.46. The molecule has 0 amide bonds. The highest BCUT2D eigenvalue weighted by Crippen LogP contribution is 2.28. The van der Waals surface area contributed by atoms with Gasteiger partial charge >= 0.3 is 0 Å². The van der Waals surface area contributed by atoms with Gasteiger partial charge in [0, 0.05) is 6.20 Å². The molecular formula is C14H17N3O2. The van der Waals surface area contributed by atoms with E-state index in [0.29, 0.717) is 18.1 Å². The SMILES string of the molecule is COc1cc(C)ccc1OCc1cc(NN)ccn1. The van der Waals surface area contributed by atoms with Crippen LogP contribution in [-0.4, -0.2) is 12.1 Å². The number of nitrogens with one attached hydrogen (secondary N) is 1. The number of hydrazine groups is 1. The molecule has 2 aromatic rings. The quantitative estimate of drug-likeness (QED) is 0.636. The zero-order chi connectivity index (χ0) is 13.7. The maximum absolute atomic E-state index is 5.71. The van der Waals surface area contributed by atoms with E-state index in [1.807, 2.05) is 31.2 Å². The third-order valence-corrected chi connectivity index (χ3v) is 2.68. The zero-order valence-corrected chi connectivity index (χ0v) is 11.0. The molecule has 100 valence electrons. The maximum Gasteiger partial charge on any atom is 0.161 e. The second-order valence-electron chi connectivity index (χ2n) is 4.12. The third kappa shape index (κ3) is 3.35. The molecule has 0 aliphatic rings. The van der Waals surface area contributed by atoms with Crippen LogP contribution in [0.1, 0.15) is 11.3 Å². The van der Waals surface area contributed by atoms with Crippen molar-refractivity contribution in [1.29, 1.82) is 0 Å². The zero-order valence-electron chi connectivity index (χ0n) is 11.0. The number of aryl methyl sites for hydroxylation is 1. The summed E-state index contributed by atoms with van der Waals surface area (Å²) in [6, 6.07) is 9.42. The Hall–Kier alpha value is -2.27. The smallest absolute Gasteiger partial charge is 0.161 e. The van der Waals surface area contributed by atoms with E-state index in [-0.39, 0.29) is 0 Å². The van der Waals surface area contributed by atoms with Crippen molar-refractivity contribution in [2.45, 2.75) is 13.5 Å². The minimum absolute atomic E-state index is 0.356. The molecule has 0 atom stereocenters. The number of aromatic nitrogens is 1. The number of nitrogens with zero attached hydrogens (tertiary/aromatic N) is 1. The van der Waals surface area contributed by atoms with E-state index in [9.17, 15) is 0 Å². The highest BCUT2D eigenvalue weighted by molar-refractivity contribution is 5.43. The van der Waals surface area contributed by atoms with E-state index in [4.69, 9.17) is 15.3 Å². The van der Waals surface area contributed by atoms with Gasteiger partial charge in [-0.1, -0.05) is 6.07 Å². The van der Waals surface area contributed by atoms with Gasteiger partial charge in [0.15, 0.2) is 11.5 Å². The van der Waals surface area contributed by atoms with Crippen LogP contribution in [0.25, 0.3) is 0 Å². The molecular weight excluding hydrogens is 242 g/mol. The van der Waals surface area contributed by atoms with Crippen LogP contribution in [0.15, 0.2) is 36.5 Å². The largest absolute Gasteiger partial charge is 0.493 e. The third-order valence-electron chi connectivity index (χ3n) is 2.68. The van der Waals surface area contributed by atoms with Crippen LogP contribution < -0.4 is 20.7 Å². The predicted molar refractivity (Wildman–Crippen MR) is 74.1 cm³/mol. The van der Waals surface area contributed by atoms with Gasteiger partial charge in [-0.2, -0.15) is 0 Å². The number of rotatable bonds is 5. The van der Waals surface area contributed by atoms with Crippen molar-refractivity contribution >= 4 is 5.69 Å². The Balaban J connectivity index is 2.09. The average molecular weight is 259 g/mol. The standard InChI is InChI=1S/C14H17N3O2/c1-10-3-4-13(14(7-10)18-2)19-9-12-8-11(17-15)5-6-16-12/h3-8H,9,15H2,1-2H3,(H,16,17). The summed E-state index contributed by atoms with van der Waals surface area (Å²) in [6.07, 6.45) is 1.68. The number of nitrogen functional groups attached to an aromatic ring is 1. The van der Waals surface area contributed by atoms with Gasteiger partial charge in [0.25, 0.3) is 0 Å². The Morgan fingerprint density at radius 2 is 2.05 bits per heavy atom. The summed E-state index contributed by atoms with van der Waals surface area (Å²) in [5.74, 6) is 6.76. The minimum Gasteiger partial charge on any atom is -0.493 e. The van der Waals surface area contributed by atoms with Crippen molar-refractivity contribution in [2.75, 3.05) is 12.5 Å². The number of hydrogen-bond acceptors (Lipinski definition) is 5. The van der Waals surface area contributed by atoms with Crippen molar-refractivity contribution in [3.05, 3.63) is 47.8 Å². The molecule has 19 heavy (non-hydrogen) atoms. The van der Waals surface area contributed by atoms with Crippen LogP contribution in [0.5, 0.6) is 11.5 Å². The van der Waals surface area contributed by atoms with E-state index >= 15 is 0 Å². The number of nitrogens with two attached hydrogens (primary N) is 1. The molecule has 0 aliphatic heterocycles. The van der Waals surface area contributed by atoms with Crippen LogP contribution in [0, 0.1) is 6.92 Å². The predicted octanol–water partition coefficient (Wildman–Crippen LogP) is 2.26. The molecule has 1 heterocycles. The first-order valence-corrected chi connectivity index (χ1v) is 5.92. The Kier molecular flexibility index (Phi) is 4.20. The lowest BCUT2D eigenvalue weighted by molar-refractivity contribution is 0.280. The molecule has 0 bridgehead atoms. The fraction of sp³-hybridized carbons (Fsp3) is 0.214. The van der Waals surface area contributed by atoms with Gasteiger partial charge in [-0.25, -0.2) is 0 Å². The van der Waals surface area contributed by atoms with Crippen molar-refractivity contribution in [3.8, 4) is 11.5 Å². The molecule has 5 heteroatoms. The highest BCUT2D eigenvalue weighted by Gasteiger charge is 2.05. The van der Waals surface area contributed by atoms with Crippen molar-refractivity contribution in [3.63, 3.8) is 0 Å². The fourth-order valence-electron chi connectivity index (χ4n) is 1.69. The molecule has 1 aromatic heterocycles. The Morgan fingerprint density at radius 3 is 2.79 bits per heavy atom. The summed E-state index contributed by atoms with van der Waals surface area (Å²) in [5.41, 5.74) is 5.28. The molecule has 0 saturated carbocycles. The van der Waals surface area contributed by atoms with E-state index in [1.54, 1.807) is 19.4 Å². The lowest BCUT2D eigenvalue weighted by Gasteiger charge is -2.11. The lowest BCUT2D eigenvalue weighted by atomic mass is 10.2. The van der Waals surface area contributed by atoms with Gasteiger partial charge in [-0.15, -0.1) is 0 Å². The molecule has 1 aromatic carbocycles. The number of pyridine rings is 1. The normalized spacial score (nSPS) is 10.1. The molecule has 5 nitrogen and oxygen atoms in total. The highest BCUT2D eigenvalue weighted by atomic mass is 16.5. The number of benzene rings is 1. The minimum atomic E-state index is 0.356. The van der Waals surface area contributed by atoms with Crippen molar-refractivity contribution in [1.82, 2.24) is 4.98 Å². The van der Waals surface area contributed by atoms with Gasteiger partial charge in [-0.3, -0.25) is 10.8 Å². The first-order chi connectivity index (χ1) is 9.22. The molecule has 0 fully saturated rings. The summed E-state index contributed by atoms with van der Waals surface area (Å²) in [5, 5.41) is 0. The number of hydrogen-bond donors (Lipinski definition) is 2. The summed E-state index contributed by atoms with van der Waals surface area (Å²) in [6.45, 7) is 2.36. The van der Waals surface area contributed by atoms with Crippen LogP contribution in [0.4, 0.5) is 5.69 Å².